The SMILES string of the molecule is CCN(Cc1ccccc1)C(=O)CNC(=O)C(CCSC)NS(=O)(=O)c1ccccc1. The minimum atomic E-state index is -3.85. The lowest BCUT2D eigenvalue weighted by Crippen LogP contribution is -2.49. The third-order valence-corrected chi connectivity index (χ3v) is 6.77. The Morgan fingerprint density at radius 1 is 1.03 bits per heavy atom. The molecule has 1 unspecified atom stereocenters. The highest BCUT2D eigenvalue weighted by Crippen LogP contribution is 2.11. The largest absolute Gasteiger partial charge is 0.346 e. The van der Waals surface area contributed by atoms with Crippen LogP contribution in [0.3, 0.4) is 0 Å². The lowest BCUT2D eigenvalue weighted by molar-refractivity contribution is -0.133. The maximum absolute atomic E-state index is 12.7. The molecule has 0 aromatic heterocycles. The molecule has 0 aliphatic carbocycles. The van der Waals surface area contributed by atoms with E-state index in [1.54, 1.807) is 23.1 Å². The van der Waals surface area contributed by atoms with Crippen molar-refractivity contribution < 1.29 is 18.0 Å². The second-order valence-corrected chi connectivity index (χ2v) is 9.58. The van der Waals surface area contributed by atoms with Gasteiger partial charge < -0.3 is 10.2 Å². The van der Waals surface area contributed by atoms with E-state index < -0.39 is 22.0 Å². The Bertz CT molecular complexity index is 938. The van der Waals surface area contributed by atoms with Crippen LogP contribution in [-0.2, 0) is 26.2 Å². The van der Waals surface area contributed by atoms with E-state index in [1.807, 2.05) is 43.5 Å². The first-order valence-electron chi connectivity index (χ1n) is 10.0. The monoisotopic (exact) mass is 463 g/mol. The maximum Gasteiger partial charge on any atom is 0.242 e. The molecular weight excluding hydrogens is 434 g/mol. The molecule has 9 heteroatoms. The van der Waals surface area contributed by atoms with Crippen molar-refractivity contribution in [2.24, 2.45) is 0 Å². The van der Waals surface area contributed by atoms with E-state index in [-0.39, 0.29) is 17.3 Å². The molecule has 0 aliphatic rings. The van der Waals surface area contributed by atoms with E-state index >= 15 is 0 Å². The fourth-order valence-electron chi connectivity index (χ4n) is 2.91. The van der Waals surface area contributed by atoms with Crippen LogP contribution in [0.15, 0.2) is 65.6 Å². The Labute approximate surface area is 188 Å². The van der Waals surface area contributed by atoms with Crippen molar-refractivity contribution in [3.05, 3.63) is 66.2 Å². The lowest BCUT2D eigenvalue weighted by Gasteiger charge is -2.22. The molecule has 0 saturated carbocycles. The van der Waals surface area contributed by atoms with Crippen molar-refractivity contribution in [2.75, 3.05) is 25.1 Å². The molecule has 2 N–H and O–H groups in total. The second-order valence-electron chi connectivity index (χ2n) is 6.88. The number of nitrogens with zero attached hydrogens (tertiary/aromatic N) is 1. The number of nitrogens with one attached hydrogen (secondary N) is 2. The van der Waals surface area contributed by atoms with E-state index in [2.05, 4.69) is 10.0 Å². The molecule has 0 fully saturated rings. The lowest BCUT2D eigenvalue weighted by atomic mass is 10.2. The number of likely N-dealkylation sites (N-methyl/N-ethyl adjacent to an activating group) is 1. The van der Waals surface area contributed by atoms with Crippen molar-refractivity contribution >= 4 is 33.6 Å². The molecule has 0 spiro atoms. The molecule has 7 nitrogen and oxygen atoms in total. The number of hydrogen-bond donors (Lipinski definition) is 2. The van der Waals surface area contributed by atoms with Gasteiger partial charge in [-0.25, -0.2) is 8.42 Å². The molecule has 0 radical (unpaired) electrons. The van der Waals surface area contributed by atoms with E-state index in [0.717, 1.165) is 5.56 Å². The molecule has 0 aliphatic heterocycles. The van der Waals surface area contributed by atoms with Crippen LogP contribution in [0.5, 0.6) is 0 Å². The van der Waals surface area contributed by atoms with Crippen molar-refractivity contribution in [1.29, 1.82) is 0 Å². The van der Waals surface area contributed by atoms with Crippen molar-refractivity contribution in [2.45, 2.75) is 30.8 Å². The third-order valence-electron chi connectivity index (χ3n) is 4.64. The van der Waals surface area contributed by atoms with Crippen molar-refractivity contribution in [3.63, 3.8) is 0 Å². The van der Waals surface area contributed by atoms with Crippen LogP contribution < -0.4 is 10.0 Å². The maximum atomic E-state index is 12.7. The summed E-state index contributed by atoms with van der Waals surface area (Å²) in [6.45, 7) is 2.63. The molecule has 2 amide bonds. The molecule has 0 saturated heterocycles. The van der Waals surface area contributed by atoms with E-state index in [9.17, 15) is 18.0 Å². The van der Waals surface area contributed by atoms with Gasteiger partial charge >= 0.3 is 0 Å². The topological polar surface area (TPSA) is 95.6 Å². The smallest absolute Gasteiger partial charge is 0.242 e. The van der Waals surface area contributed by atoms with Gasteiger partial charge in [-0.1, -0.05) is 48.5 Å². The van der Waals surface area contributed by atoms with Crippen LogP contribution in [0.4, 0.5) is 0 Å². The molecule has 2 rings (SSSR count). The number of carbonyl (C=O) groups is 2. The first-order chi connectivity index (χ1) is 14.9. The highest BCUT2D eigenvalue weighted by Gasteiger charge is 2.26. The zero-order chi connectivity index (χ0) is 22.7. The van der Waals surface area contributed by atoms with Crippen LogP contribution in [0.25, 0.3) is 0 Å². The normalized spacial score (nSPS) is 12.2. The van der Waals surface area contributed by atoms with Gasteiger partial charge in [0, 0.05) is 13.1 Å². The number of amides is 2. The van der Waals surface area contributed by atoms with Gasteiger partial charge in [0.2, 0.25) is 21.8 Å². The van der Waals surface area contributed by atoms with E-state index in [4.69, 9.17) is 0 Å². The Morgan fingerprint density at radius 3 is 2.23 bits per heavy atom. The molecule has 0 bridgehead atoms. The first kappa shape index (κ1) is 24.9. The minimum Gasteiger partial charge on any atom is -0.346 e. The summed E-state index contributed by atoms with van der Waals surface area (Å²) in [5.41, 5.74) is 0.998. The van der Waals surface area contributed by atoms with Gasteiger partial charge in [-0.05, 0) is 43.0 Å². The summed E-state index contributed by atoms with van der Waals surface area (Å²) >= 11 is 1.51. The fourth-order valence-corrected chi connectivity index (χ4v) is 4.63. The van der Waals surface area contributed by atoms with Crippen LogP contribution in [-0.4, -0.2) is 56.3 Å². The van der Waals surface area contributed by atoms with E-state index in [0.29, 0.717) is 25.3 Å². The number of benzene rings is 2. The molecular formula is C22H29N3O4S2. The number of thioether (sulfide) groups is 1. The Kier molecular flexibility index (Phi) is 10.0. The van der Waals surface area contributed by atoms with Gasteiger partial charge in [-0.15, -0.1) is 0 Å². The zero-order valence-electron chi connectivity index (χ0n) is 17.8. The Balaban J connectivity index is 2.00. The van der Waals surface area contributed by atoms with Crippen LogP contribution >= 0.6 is 11.8 Å². The summed E-state index contributed by atoms with van der Waals surface area (Å²) in [6, 6.07) is 16.5. The summed E-state index contributed by atoms with van der Waals surface area (Å²) in [4.78, 5) is 27.0. The standard InChI is InChI=1S/C22H29N3O4S2/c1-3-25(17-18-10-6-4-7-11-18)21(26)16-23-22(27)20(14-15-30-2)24-31(28,29)19-12-8-5-9-13-19/h4-13,20,24H,3,14-17H2,1-2H3,(H,23,27). The minimum absolute atomic E-state index is 0.0908. The summed E-state index contributed by atoms with van der Waals surface area (Å²) < 4.78 is 27.7. The molecule has 31 heavy (non-hydrogen) atoms. The average molecular weight is 464 g/mol. The number of hydrogen-bond acceptors (Lipinski definition) is 5. The van der Waals surface area contributed by atoms with E-state index in [1.165, 1.54) is 23.9 Å². The summed E-state index contributed by atoms with van der Waals surface area (Å²) in [6.07, 6.45) is 2.20. The summed E-state index contributed by atoms with van der Waals surface area (Å²) in [7, 11) is -3.85. The molecule has 0 heterocycles. The van der Waals surface area contributed by atoms with Gasteiger partial charge in [0.1, 0.15) is 6.04 Å². The van der Waals surface area contributed by atoms with Crippen molar-refractivity contribution in [3.8, 4) is 0 Å². The second kappa shape index (κ2) is 12.5. The highest BCUT2D eigenvalue weighted by molar-refractivity contribution is 7.98. The molecule has 2 aromatic carbocycles. The number of sulfonamides is 1. The Morgan fingerprint density at radius 2 is 1.65 bits per heavy atom. The van der Waals surface area contributed by atoms with Gasteiger partial charge in [-0.2, -0.15) is 16.5 Å². The molecule has 168 valence electrons. The summed E-state index contributed by atoms with van der Waals surface area (Å²) in [5.74, 6) is -0.148. The van der Waals surface area contributed by atoms with Crippen LogP contribution in [0.1, 0.15) is 18.9 Å². The quantitative estimate of drug-likeness (QED) is 0.503. The highest BCUT2D eigenvalue weighted by atomic mass is 32.2. The van der Waals surface area contributed by atoms with Gasteiger partial charge in [0.05, 0.1) is 11.4 Å². The molecule has 1 atom stereocenters. The predicted molar refractivity (Wildman–Crippen MR) is 124 cm³/mol. The Hall–Kier alpha value is -2.36. The fraction of sp³-hybridized carbons (Fsp3) is 0.364. The zero-order valence-corrected chi connectivity index (χ0v) is 19.4. The molecule has 2 aromatic rings. The number of rotatable bonds is 12. The summed E-state index contributed by atoms with van der Waals surface area (Å²) in [5, 5.41) is 2.60. The average Bonchev–Trinajstić information content (AvgIpc) is 2.79. The number of carbonyl (C=O) groups excluding carboxylic acids is 2. The van der Waals surface area contributed by atoms with Gasteiger partial charge in [-0.3, -0.25) is 9.59 Å². The predicted octanol–water partition coefficient (Wildman–Crippen LogP) is 2.25. The van der Waals surface area contributed by atoms with Crippen LogP contribution in [0, 0.1) is 0 Å². The van der Waals surface area contributed by atoms with Gasteiger partial charge in [0.15, 0.2) is 0 Å². The van der Waals surface area contributed by atoms with Crippen LogP contribution in [0.2, 0.25) is 0 Å². The third kappa shape index (κ3) is 8.01. The first-order valence-corrected chi connectivity index (χ1v) is 12.9. The van der Waals surface area contributed by atoms with Gasteiger partial charge in [0.25, 0.3) is 0 Å². The van der Waals surface area contributed by atoms with Crippen molar-refractivity contribution in [1.82, 2.24) is 14.9 Å².